The van der Waals surface area contributed by atoms with E-state index in [0.717, 1.165) is 38.4 Å². The number of imidazole rings is 1. The number of pyridine rings is 1. The second kappa shape index (κ2) is 9.95. The third-order valence-corrected chi connectivity index (χ3v) is 5.95. The van der Waals surface area contributed by atoms with Gasteiger partial charge in [0, 0.05) is 34.1 Å². The number of ether oxygens (including phenoxy) is 1. The zero-order valence-corrected chi connectivity index (χ0v) is 20.4. The molecule has 0 saturated carbocycles. The van der Waals surface area contributed by atoms with Gasteiger partial charge in [-0.2, -0.15) is 0 Å². The molecule has 0 atom stereocenters. The molecule has 5 aromatic rings. The molecule has 35 heavy (non-hydrogen) atoms. The average Bonchev–Trinajstić information content (AvgIpc) is 3.35. The first-order valence-electron chi connectivity index (χ1n) is 10.9. The van der Waals surface area contributed by atoms with E-state index in [-0.39, 0.29) is 5.91 Å². The molecule has 0 aliphatic heterocycles. The molecule has 0 aliphatic carbocycles. The number of methoxy groups -OCH3 is 1. The van der Waals surface area contributed by atoms with Crippen molar-refractivity contribution in [2.45, 2.75) is 0 Å². The second-order valence-electron chi connectivity index (χ2n) is 7.81. The monoisotopic (exact) mass is 524 g/mol. The predicted molar refractivity (Wildman–Crippen MR) is 141 cm³/mol. The molecule has 0 aliphatic rings. The van der Waals surface area contributed by atoms with Crippen LogP contribution in [0.15, 0.2) is 102 Å². The Labute approximate surface area is 211 Å². The first-order chi connectivity index (χ1) is 17.1. The molecular formula is C28H21BrN4O2. The summed E-state index contributed by atoms with van der Waals surface area (Å²) in [5, 5.41) is 2.93. The van der Waals surface area contributed by atoms with Crippen LogP contribution in [-0.4, -0.2) is 28.0 Å². The van der Waals surface area contributed by atoms with Crippen molar-refractivity contribution in [2.24, 2.45) is 0 Å². The van der Waals surface area contributed by atoms with Gasteiger partial charge in [0.1, 0.15) is 16.2 Å². The fourth-order valence-electron chi connectivity index (χ4n) is 3.76. The summed E-state index contributed by atoms with van der Waals surface area (Å²) in [6.07, 6.45) is 1.75. The lowest BCUT2D eigenvalue weighted by Crippen LogP contribution is -2.11. The molecule has 172 valence electrons. The van der Waals surface area contributed by atoms with E-state index in [4.69, 9.17) is 9.72 Å². The molecule has 6 nitrogen and oxygen atoms in total. The van der Waals surface area contributed by atoms with Crippen molar-refractivity contribution in [2.75, 3.05) is 12.4 Å². The summed E-state index contributed by atoms with van der Waals surface area (Å²) in [6, 6.07) is 28.4. The summed E-state index contributed by atoms with van der Waals surface area (Å²) in [4.78, 5) is 25.1. The van der Waals surface area contributed by atoms with Gasteiger partial charge < -0.3 is 15.0 Å². The Kier molecular flexibility index (Phi) is 6.41. The molecule has 1 amide bonds. The highest BCUT2D eigenvalue weighted by atomic mass is 79.9. The van der Waals surface area contributed by atoms with E-state index in [1.807, 2.05) is 78.9 Å². The van der Waals surface area contributed by atoms with E-state index < -0.39 is 0 Å². The van der Waals surface area contributed by atoms with Crippen LogP contribution in [0.3, 0.4) is 0 Å². The molecular weight excluding hydrogens is 504 g/mol. The highest BCUT2D eigenvalue weighted by Crippen LogP contribution is 2.35. The maximum Gasteiger partial charge on any atom is 0.255 e. The highest BCUT2D eigenvalue weighted by molar-refractivity contribution is 9.10. The molecule has 2 heterocycles. The number of H-pyrrole nitrogens is 1. The highest BCUT2D eigenvalue weighted by Gasteiger charge is 2.16. The van der Waals surface area contributed by atoms with Crippen LogP contribution in [-0.2, 0) is 0 Å². The van der Waals surface area contributed by atoms with Gasteiger partial charge >= 0.3 is 0 Å². The van der Waals surface area contributed by atoms with Gasteiger partial charge in [0.25, 0.3) is 5.91 Å². The fourth-order valence-corrected chi connectivity index (χ4v) is 4.13. The predicted octanol–water partition coefficient (Wildman–Crippen LogP) is 6.83. The number of amides is 1. The minimum atomic E-state index is -0.151. The standard InChI is InChI=1S/C28H21BrN4O2/c1-35-23-9-5-8-20(16-23)25-26(21-14-15-30-24(29)17-21)33-27(32-25)18-10-12-22(13-11-18)31-28(34)19-6-3-2-4-7-19/h2-17H,1H3,(H,31,34)(H,32,33). The molecule has 0 fully saturated rings. The molecule has 0 spiro atoms. The number of hydrogen-bond acceptors (Lipinski definition) is 4. The van der Waals surface area contributed by atoms with Crippen LogP contribution in [0.5, 0.6) is 5.75 Å². The lowest BCUT2D eigenvalue weighted by molar-refractivity contribution is 0.102. The number of carbonyl (C=O) groups is 1. The molecule has 0 radical (unpaired) electrons. The summed E-state index contributed by atoms with van der Waals surface area (Å²) >= 11 is 3.46. The van der Waals surface area contributed by atoms with Crippen LogP contribution in [0.1, 0.15) is 10.4 Å². The van der Waals surface area contributed by atoms with Crippen molar-refractivity contribution in [1.82, 2.24) is 15.0 Å². The van der Waals surface area contributed by atoms with Gasteiger partial charge in [-0.15, -0.1) is 0 Å². The maximum absolute atomic E-state index is 12.5. The topological polar surface area (TPSA) is 79.9 Å². The SMILES string of the molecule is COc1cccc(-c2nc(-c3ccc(NC(=O)c4ccccc4)cc3)[nH]c2-c2ccnc(Br)c2)c1. The first-order valence-corrected chi connectivity index (χ1v) is 11.7. The third-order valence-electron chi connectivity index (χ3n) is 5.51. The van der Waals surface area contributed by atoms with Crippen molar-refractivity contribution in [1.29, 1.82) is 0 Å². The van der Waals surface area contributed by atoms with E-state index in [9.17, 15) is 4.79 Å². The van der Waals surface area contributed by atoms with Crippen LogP contribution in [0.2, 0.25) is 0 Å². The van der Waals surface area contributed by atoms with E-state index in [0.29, 0.717) is 17.1 Å². The number of nitrogens with zero attached hydrogens (tertiary/aromatic N) is 2. The number of anilines is 1. The number of aromatic amines is 1. The number of carbonyl (C=O) groups excluding carboxylic acids is 1. The van der Waals surface area contributed by atoms with E-state index in [1.165, 1.54) is 0 Å². The Morgan fingerprint density at radius 3 is 2.43 bits per heavy atom. The van der Waals surface area contributed by atoms with Crippen LogP contribution in [0.25, 0.3) is 33.9 Å². The Bertz CT molecular complexity index is 1480. The van der Waals surface area contributed by atoms with Gasteiger partial charge in [-0.25, -0.2) is 9.97 Å². The Morgan fingerprint density at radius 2 is 1.69 bits per heavy atom. The van der Waals surface area contributed by atoms with Crippen molar-refractivity contribution in [3.05, 3.63) is 107 Å². The van der Waals surface area contributed by atoms with Gasteiger partial charge in [-0.1, -0.05) is 30.3 Å². The van der Waals surface area contributed by atoms with Crippen molar-refractivity contribution >= 4 is 27.5 Å². The maximum atomic E-state index is 12.5. The molecule has 2 aromatic heterocycles. The van der Waals surface area contributed by atoms with Crippen molar-refractivity contribution in [3.63, 3.8) is 0 Å². The minimum Gasteiger partial charge on any atom is -0.497 e. The molecule has 0 saturated heterocycles. The van der Waals surface area contributed by atoms with Crippen LogP contribution in [0, 0.1) is 0 Å². The largest absolute Gasteiger partial charge is 0.497 e. The molecule has 3 aromatic carbocycles. The molecule has 7 heteroatoms. The zero-order chi connectivity index (χ0) is 24.2. The van der Waals surface area contributed by atoms with Gasteiger partial charge in [0.2, 0.25) is 0 Å². The average molecular weight is 525 g/mol. The van der Waals surface area contributed by atoms with Gasteiger partial charge in [0.05, 0.1) is 18.5 Å². The van der Waals surface area contributed by atoms with Gasteiger partial charge in [-0.3, -0.25) is 4.79 Å². The smallest absolute Gasteiger partial charge is 0.255 e. The van der Waals surface area contributed by atoms with Crippen LogP contribution < -0.4 is 10.1 Å². The quantitative estimate of drug-likeness (QED) is 0.238. The van der Waals surface area contributed by atoms with Crippen molar-refractivity contribution in [3.8, 4) is 39.7 Å². The first kappa shape index (κ1) is 22.6. The number of nitrogens with one attached hydrogen (secondary N) is 2. The lowest BCUT2D eigenvalue weighted by Gasteiger charge is -2.06. The molecule has 0 bridgehead atoms. The summed E-state index contributed by atoms with van der Waals surface area (Å²) < 4.78 is 6.16. The van der Waals surface area contributed by atoms with Gasteiger partial charge in [0.15, 0.2) is 0 Å². The summed E-state index contributed by atoms with van der Waals surface area (Å²) in [7, 11) is 1.65. The van der Waals surface area contributed by atoms with E-state index >= 15 is 0 Å². The van der Waals surface area contributed by atoms with Crippen LogP contribution >= 0.6 is 15.9 Å². The number of rotatable bonds is 6. The molecule has 2 N–H and O–H groups in total. The molecule has 0 unspecified atom stereocenters. The number of halogens is 1. The van der Waals surface area contributed by atoms with Crippen LogP contribution in [0.4, 0.5) is 5.69 Å². The summed E-state index contributed by atoms with van der Waals surface area (Å²) in [6.45, 7) is 0. The Morgan fingerprint density at radius 1 is 0.886 bits per heavy atom. The molecule has 5 rings (SSSR count). The Hall–Kier alpha value is -4.23. The Balaban J connectivity index is 1.49. The van der Waals surface area contributed by atoms with Gasteiger partial charge in [-0.05, 0) is 76.6 Å². The normalized spacial score (nSPS) is 10.7. The number of aromatic nitrogens is 3. The number of hydrogen-bond donors (Lipinski definition) is 2. The van der Waals surface area contributed by atoms with E-state index in [2.05, 4.69) is 31.2 Å². The fraction of sp³-hybridized carbons (Fsp3) is 0.0357. The minimum absolute atomic E-state index is 0.151. The third kappa shape index (κ3) is 5.00. The zero-order valence-electron chi connectivity index (χ0n) is 18.8. The summed E-state index contributed by atoms with van der Waals surface area (Å²) in [5.74, 6) is 1.32. The summed E-state index contributed by atoms with van der Waals surface area (Å²) in [5.41, 5.74) is 5.78. The van der Waals surface area contributed by atoms with E-state index in [1.54, 1.807) is 25.4 Å². The number of benzene rings is 3. The lowest BCUT2D eigenvalue weighted by atomic mass is 10.1. The van der Waals surface area contributed by atoms with Crippen molar-refractivity contribution < 1.29 is 9.53 Å². The second-order valence-corrected chi connectivity index (χ2v) is 8.62.